The molecular weight excluding hydrogens is 186 g/mol. The summed E-state index contributed by atoms with van der Waals surface area (Å²) in [5.74, 6) is 0. The fraction of sp³-hybridized carbons (Fsp3) is 1.00. The van der Waals surface area contributed by atoms with Gasteiger partial charge in [0.2, 0.25) is 0 Å². The van der Waals surface area contributed by atoms with Crippen LogP contribution in [0.2, 0.25) is 0 Å². The zero-order chi connectivity index (χ0) is 11.7. The van der Waals surface area contributed by atoms with E-state index < -0.39 is 0 Å². The topological polar surface area (TPSA) is 21.3 Å². The lowest BCUT2D eigenvalue weighted by Gasteiger charge is -2.22. The Morgan fingerprint density at radius 3 is 2.33 bits per heavy atom. The van der Waals surface area contributed by atoms with Gasteiger partial charge in [-0.2, -0.15) is 0 Å². The summed E-state index contributed by atoms with van der Waals surface area (Å²) >= 11 is 0. The molecule has 0 saturated heterocycles. The standard InChI is InChI=1S/C13H29NO/c1-6-15-11-7-8-12(14-5)9-10-13(2,3)4/h12,14H,6-11H2,1-5H3. The monoisotopic (exact) mass is 215 g/mol. The Labute approximate surface area is 95.8 Å². The maximum Gasteiger partial charge on any atom is 0.0466 e. The number of hydrogen-bond acceptors (Lipinski definition) is 2. The van der Waals surface area contributed by atoms with E-state index in [2.05, 4.69) is 40.1 Å². The average Bonchev–Trinajstić information content (AvgIpc) is 2.15. The van der Waals surface area contributed by atoms with Gasteiger partial charge in [0.15, 0.2) is 0 Å². The molecule has 0 aromatic rings. The summed E-state index contributed by atoms with van der Waals surface area (Å²) in [5, 5.41) is 3.40. The molecule has 2 nitrogen and oxygen atoms in total. The lowest BCUT2D eigenvalue weighted by molar-refractivity contribution is 0.140. The molecule has 0 bridgehead atoms. The minimum absolute atomic E-state index is 0.453. The molecule has 2 heteroatoms. The van der Waals surface area contributed by atoms with Gasteiger partial charge in [-0.25, -0.2) is 0 Å². The molecule has 0 aromatic carbocycles. The summed E-state index contributed by atoms with van der Waals surface area (Å²) in [6.45, 7) is 10.7. The molecule has 0 amide bonds. The summed E-state index contributed by atoms with van der Waals surface area (Å²) in [5.41, 5.74) is 0.453. The summed E-state index contributed by atoms with van der Waals surface area (Å²) in [6.07, 6.45) is 4.95. The minimum Gasteiger partial charge on any atom is -0.382 e. The van der Waals surface area contributed by atoms with Crippen molar-refractivity contribution >= 4 is 0 Å². The van der Waals surface area contributed by atoms with Crippen LogP contribution in [0.25, 0.3) is 0 Å². The van der Waals surface area contributed by atoms with E-state index in [9.17, 15) is 0 Å². The first-order chi connectivity index (χ1) is 6.99. The molecule has 0 heterocycles. The van der Waals surface area contributed by atoms with E-state index in [1.165, 1.54) is 25.7 Å². The third-order valence-corrected chi connectivity index (χ3v) is 2.70. The normalized spacial score (nSPS) is 14.2. The molecule has 1 unspecified atom stereocenters. The van der Waals surface area contributed by atoms with Crippen molar-refractivity contribution < 1.29 is 4.74 Å². The molecule has 0 fully saturated rings. The first kappa shape index (κ1) is 14.9. The highest BCUT2D eigenvalue weighted by atomic mass is 16.5. The van der Waals surface area contributed by atoms with Crippen molar-refractivity contribution in [3.63, 3.8) is 0 Å². The molecule has 1 atom stereocenters. The molecule has 0 aliphatic carbocycles. The van der Waals surface area contributed by atoms with E-state index in [0.717, 1.165) is 13.2 Å². The molecule has 0 radical (unpaired) electrons. The van der Waals surface area contributed by atoms with Gasteiger partial charge in [-0.15, -0.1) is 0 Å². The van der Waals surface area contributed by atoms with Gasteiger partial charge in [0.1, 0.15) is 0 Å². The van der Waals surface area contributed by atoms with Gasteiger partial charge in [0.05, 0.1) is 0 Å². The second-order valence-corrected chi connectivity index (χ2v) is 5.42. The van der Waals surface area contributed by atoms with Crippen LogP contribution in [0.3, 0.4) is 0 Å². The summed E-state index contributed by atoms with van der Waals surface area (Å²) in [4.78, 5) is 0. The molecule has 92 valence electrons. The van der Waals surface area contributed by atoms with Crippen LogP contribution in [-0.2, 0) is 4.74 Å². The van der Waals surface area contributed by atoms with E-state index in [1.807, 2.05) is 0 Å². The van der Waals surface area contributed by atoms with Crippen molar-refractivity contribution in [1.29, 1.82) is 0 Å². The fourth-order valence-corrected chi connectivity index (χ4v) is 1.62. The molecular formula is C13H29NO. The third kappa shape index (κ3) is 10.2. The first-order valence-corrected chi connectivity index (χ1v) is 6.24. The second kappa shape index (κ2) is 8.12. The van der Waals surface area contributed by atoms with Crippen LogP contribution in [-0.4, -0.2) is 26.3 Å². The molecule has 0 rings (SSSR count). The van der Waals surface area contributed by atoms with Crippen LogP contribution >= 0.6 is 0 Å². The van der Waals surface area contributed by atoms with E-state index in [-0.39, 0.29) is 0 Å². The Bertz CT molecular complexity index is 140. The van der Waals surface area contributed by atoms with Gasteiger partial charge in [0.25, 0.3) is 0 Å². The van der Waals surface area contributed by atoms with Crippen LogP contribution in [0.15, 0.2) is 0 Å². The van der Waals surface area contributed by atoms with E-state index in [4.69, 9.17) is 4.74 Å². The van der Waals surface area contributed by atoms with E-state index in [1.54, 1.807) is 0 Å². The molecule has 0 saturated carbocycles. The van der Waals surface area contributed by atoms with Gasteiger partial charge >= 0.3 is 0 Å². The summed E-state index contributed by atoms with van der Waals surface area (Å²) in [6, 6.07) is 0.657. The van der Waals surface area contributed by atoms with Gasteiger partial charge in [0, 0.05) is 19.3 Å². The van der Waals surface area contributed by atoms with Crippen molar-refractivity contribution in [3.8, 4) is 0 Å². The van der Waals surface area contributed by atoms with Crippen molar-refractivity contribution in [3.05, 3.63) is 0 Å². The van der Waals surface area contributed by atoms with Crippen molar-refractivity contribution in [2.75, 3.05) is 20.3 Å². The highest BCUT2D eigenvalue weighted by Crippen LogP contribution is 2.22. The lowest BCUT2D eigenvalue weighted by Crippen LogP contribution is -2.27. The smallest absolute Gasteiger partial charge is 0.0466 e. The fourth-order valence-electron chi connectivity index (χ4n) is 1.62. The van der Waals surface area contributed by atoms with Crippen molar-refractivity contribution in [2.24, 2.45) is 5.41 Å². The Kier molecular flexibility index (Phi) is 8.07. The van der Waals surface area contributed by atoms with Gasteiger partial charge in [-0.3, -0.25) is 0 Å². The molecule has 0 aromatic heterocycles. The predicted octanol–water partition coefficient (Wildman–Crippen LogP) is 3.22. The summed E-state index contributed by atoms with van der Waals surface area (Å²) in [7, 11) is 2.06. The Morgan fingerprint density at radius 2 is 1.87 bits per heavy atom. The average molecular weight is 215 g/mol. The van der Waals surface area contributed by atoms with Gasteiger partial charge < -0.3 is 10.1 Å². The predicted molar refractivity (Wildman–Crippen MR) is 67.3 cm³/mol. The van der Waals surface area contributed by atoms with E-state index in [0.29, 0.717) is 11.5 Å². The quantitative estimate of drug-likeness (QED) is 0.628. The number of rotatable bonds is 8. The van der Waals surface area contributed by atoms with Gasteiger partial charge in [-0.1, -0.05) is 20.8 Å². The zero-order valence-corrected chi connectivity index (χ0v) is 11.2. The van der Waals surface area contributed by atoms with Crippen LogP contribution in [0.1, 0.15) is 53.4 Å². The van der Waals surface area contributed by atoms with Crippen LogP contribution in [0.5, 0.6) is 0 Å². The van der Waals surface area contributed by atoms with Crippen LogP contribution < -0.4 is 5.32 Å². The largest absolute Gasteiger partial charge is 0.382 e. The lowest BCUT2D eigenvalue weighted by atomic mass is 9.88. The number of hydrogen-bond donors (Lipinski definition) is 1. The second-order valence-electron chi connectivity index (χ2n) is 5.42. The van der Waals surface area contributed by atoms with Crippen LogP contribution in [0.4, 0.5) is 0 Å². The Balaban J connectivity index is 3.55. The SMILES string of the molecule is CCOCCCC(CCC(C)(C)C)NC. The maximum absolute atomic E-state index is 5.35. The zero-order valence-electron chi connectivity index (χ0n) is 11.2. The third-order valence-electron chi connectivity index (χ3n) is 2.70. The molecule has 0 spiro atoms. The van der Waals surface area contributed by atoms with Crippen molar-refractivity contribution in [1.82, 2.24) is 5.32 Å². The summed E-state index contributed by atoms with van der Waals surface area (Å²) < 4.78 is 5.35. The van der Waals surface area contributed by atoms with E-state index >= 15 is 0 Å². The first-order valence-electron chi connectivity index (χ1n) is 6.24. The Hall–Kier alpha value is -0.0800. The van der Waals surface area contributed by atoms with Crippen LogP contribution in [0, 0.1) is 5.41 Å². The highest BCUT2D eigenvalue weighted by molar-refractivity contribution is 4.70. The highest BCUT2D eigenvalue weighted by Gasteiger charge is 2.13. The Morgan fingerprint density at radius 1 is 1.20 bits per heavy atom. The molecule has 0 aliphatic rings. The maximum atomic E-state index is 5.35. The number of ether oxygens (including phenoxy) is 1. The van der Waals surface area contributed by atoms with Crippen molar-refractivity contribution in [2.45, 2.75) is 59.4 Å². The van der Waals surface area contributed by atoms with Gasteiger partial charge in [-0.05, 0) is 45.1 Å². The molecule has 1 N–H and O–H groups in total. The molecule has 0 aliphatic heterocycles. The molecule has 15 heavy (non-hydrogen) atoms. The minimum atomic E-state index is 0.453. The number of nitrogens with one attached hydrogen (secondary N) is 1.